The summed E-state index contributed by atoms with van der Waals surface area (Å²) in [6.07, 6.45) is 2.03. The fourth-order valence-corrected chi connectivity index (χ4v) is 1.78. The number of hydrazone groups is 1. The zero-order valence-corrected chi connectivity index (χ0v) is 12.8. The van der Waals surface area contributed by atoms with E-state index < -0.39 is 16.6 Å². The molecule has 0 atom stereocenters. The van der Waals surface area contributed by atoms with Crippen LogP contribution in [0.25, 0.3) is 5.76 Å². The Morgan fingerprint density at radius 1 is 1.08 bits per heavy atom. The van der Waals surface area contributed by atoms with Gasteiger partial charge in [0.15, 0.2) is 0 Å². The summed E-state index contributed by atoms with van der Waals surface area (Å²) in [6, 6.07) is 13.7. The van der Waals surface area contributed by atoms with Crippen molar-refractivity contribution in [2.24, 2.45) is 5.10 Å². The molecule has 2 aromatic rings. The van der Waals surface area contributed by atoms with Crippen molar-refractivity contribution >= 4 is 29.4 Å². The molecule has 0 aliphatic carbocycles. The van der Waals surface area contributed by atoms with Crippen molar-refractivity contribution in [2.45, 2.75) is 0 Å². The summed E-state index contributed by atoms with van der Waals surface area (Å²) in [7, 11) is 0. The number of nitro groups is 1. The van der Waals surface area contributed by atoms with Crippen LogP contribution in [0.1, 0.15) is 11.1 Å². The fourth-order valence-electron chi connectivity index (χ4n) is 1.78. The van der Waals surface area contributed by atoms with Gasteiger partial charge < -0.3 is 5.11 Å². The maximum atomic E-state index is 11.7. The van der Waals surface area contributed by atoms with Crippen LogP contribution in [0.15, 0.2) is 65.8 Å². The Hall–Kier alpha value is -3.81. The molecule has 0 spiro atoms. The number of nitrogens with zero attached hydrogens (tertiary/aromatic N) is 2. The smallest absolute Gasteiger partial charge is 0.311 e. The van der Waals surface area contributed by atoms with Crippen LogP contribution >= 0.6 is 0 Å². The first-order chi connectivity index (χ1) is 12.0. The lowest BCUT2D eigenvalue weighted by molar-refractivity contribution is -0.384. The number of ketones is 1. The molecule has 25 heavy (non-hydrogen) atoms. The molecule has 0 aliphatic heterocycles. The van der Waals surface area contributed by atoms with Crippen molar-refractivity contribution in [3.8, 4) is 0 Å². The van der Waals surface area contributed by atoms with E-state index in [1.54, 1.807) is 30.3 Å². The van der Waals surface area contributed by atoms with E-state index in [1.807, 2.05) is 5.43 Å². The topological polar surface area (TPSA) is 122 Å². The minimum Gasteiger partial charge on any atom is -0.507 e. The lowest BCUT2D eigenvalue weighted by Crippen LogP contribution is -2.25. The van der Waals surface area contributed by atoms with Gasteiger partial charge in [-0.2, -0.15) is 5.10 Å². The van der Waals surface area contributed by atoms with Crippen LogP contribution in [-0.2, 0) is 9.59 Å². The fraction of sp³-hybridized carbons (Fsp3) is 0. The Morgan fingerprint density at radius 2 is 1.72 bits per heavy atom. The lowest BCUT2D eigenvalue weighted by atomic mass is 10.1. The van der Waals surface area contributed by atoms with Gasteiger partial charge in [-0.05, 0) is 17.7 Å². The SMILES string of the molecule is O=C(C=C(O)c1ccccc1)C(=O)NN=Cc1ccc([N+](=O)[O-])cc1. The third-order valence-corrected chi connectivity index (χ3v) is 3.04. The van der Waals surface area contributed by atoms with Gasteiger partial charge in [-0.25, -0.2) is 5.43 Å². The van der Waals surface area contributed by atoms with E-state index in [1.165, 1.54) is 30.5 Å². The van der Waals surface area contributed by atoms with Gasteiger partial charge in [0, 0.05) is 23.8 Å². The zero-order chi connectivity index (χ0) is 18.2. The van der Waals surface area contributed by atoms with Crippen LogP contribution < -0.4 is 5.43 Å². The molecule has 0 heterocycles. The van der Waals surface area contributed by atoms with Crippen molar-refractivity contribution < 1.29 is 19.6 Å². The Labute approximate surface area is 142 Å². The highest BCUT2D eigenvalue weighted by Crippen LogP contribution is 2.11. The van der Waals surface area contributed by atoms with Crippen LogP contribution in [0.2, 0.25) is 0 Å². The Balaban J connectivity index is 1.95. The highest BCUT2D eigenvalue weighted by atomic mass is 16.6. The molecule has 0 radical (unpaired) electrons. The van der Waals surface area contributed by atoms with Crippen molar-refractivity contribution in [1.29, 1.82) is 0 Å². The summed E-state index contributed by atoms with van der Waals surface area (Å²) in [4.78, 5) is 33.3. The first-order valence-electron chi connectivity index (χ1n) is 7.05. The van der Waals surface area contributed by atoms with E-state index in [9.17, 15) is 24.8 Å². The maximum Gasteiger partial charge on any atom is 0.311 e. The number of hydrogen-bond acceptors (Lipinski definition) is 6. The van der Waals surface area contributed by atoms with Crippen LogP contribution in [0.5, 0.6) is 0 Å². The van der Waals surface area contributed by atoms with Gasteiger partial charge in [0.2, 0.25) is 5.78 Å². The molecule has 0 aromatic heterocycles. The average Bonchev–Trinajstić information content (AvgIpc) is 2.62. The minimum atomic E-state index is -1.03. The molecule has 0 saturated heterocycles. The number of amides is 1. The third kappa shape index (κ3) is 5.10. The second kappa shape index (κ2) is 8.16. The molecule has 126 valence electrons. The third-order valence-electron chi connectivity index (χ3n) is 3.04. The van der Waals surface area contributed by atoms with Crippen LogP contribution in [0.4, 0.5) is 5.69 Å². The van der Waals surface area contributed by atoms with Gasteiger partial charge in [-0.3, -0.25) is 19.7 Å². The number of nitrogens with one attached hydrogen (secondary N) is 1. The number of aliphatic hydroxyl groups excluding tert-OH is 1. The van der Waals surface area contributed by atoms with Crippen molar-refractivity contribution in [3.05, 3.63) is 81.9 Å². The number of non-ortho nitro benzene ring substituents is 1. The van der Waals surface area contributed by atoms with E-state index in [2.05, 4.69) is 5.10 Å². The summed E-state index contributed by atoms with van der Waals surface area (Å²) >= 11 is 0. The monoisotopic (exact) mass is 339 g/mol. The number of aliphatic hydroxyl groups is 1. The summed E-state index contributed by atoms with van der Waals surface area (Å²) in [5.41, 5.74) is 2.85. The molecule has 0 fully saturated rings. The summed E-state index contributed by atoms with van der Waals surface area (Å²) in [6.45, 7) is 0. The van der Waals surface area contributed by atoms with Gasteiger partial charge in [0.1, 0.15) is 5.76 Å². The molecule has 1 amide bonds. The summed E-state index contributed by atoms with van der Waals surface area (Å²) in [5.74, 6) is -2.33. The number of carbonyl (C=O) groups is 2. The largest absolute Gasteiger partial charge is 0.507 e. The number of nitro benzene ring substituents is 1. The lowest BCUT2D eigenvalue weighted by Gasteiger charge is -1.99. The molecule has 0 saturated carbocycles. The van der Waals surface area contributed by atoms with Gasteiger partial charge >= 0.3 is 5.91 Å². The molecule has 2 rings (SSSR count). The summed E-state index contributed by atoms with van der Waals surface area (Å²) < 4.78 is 0. The van der Waals surface area contributed by atoms with E-state index in [0.29, 0.717) is 11.1 Å². The van der Waals surface area contributed by atoms with Crippen LogP contribution in [0.3, 0.4) is 0 Å². The van der Waals surface area contributed by atoms with E-state index >= 15 is 0 Å². The molecular formula is C17H13N3O5. The number of carbonyl (C=O) groups excluding carboxylic acids is 2. The van der Waals surface area contributed by atoms with Crippen molar-refractivity contribution in [1.82, 2.24) is 5.43 Å². The molecular weight excluding hydrogens is 326 g/mol. The maximum absolute atomic E-state index is 11.7. The van der Waals surface area contributed by atoms with Gasteiger partial charge in [-0.15, -0.1) is 0 Å². The van der Waals surface area contributed by atoms with E-state index in [4.69, 9.17) is 0 Å². The van der Waals surface area contributed by atoms with Crippen LogP contribution in [-0.4, -0.2) is 27.9 Å². The molecule has 8 nitrogen and oxygen atoms in total. The molecule has 0 bridgehead atoms. The van der Waals surface area contributed by atoms with Crippen molar-refractivity contribution in [2.75, 3.05) is 0 Å². The van der Waals surface area contributed by atoms with Gasteiger partial charge in [0.05, 0.1) is 11.1 Å². The number of rotatable bonds is 6. The van der Waals surface area contributed by atoms with E-state index in [-0.39, 0.29) is 11.4 Å². The average molecular weight is 339 g/mol. The summed E-state index contributed by atoms with van der Waals surface area (Å²) in [5, 5.41) is 23.9. The number of hydrogen-bond donors (Lipinski definition) is 2. The minimum absolute atomic E-state index is 0.0714. The second-order valence-corrected chi connectivity index (χ2v) is 4.81. The second-order valence-electron chi connectivity index (χ2n) is 4.81. The zero-order valence-electron chi connectivity index (χ0n) is 12.8. The highest BCUT2D eigenvalue weighted by Gasteiger charge is 2.12. The molecule has 0 unspecified atom stereocenters. The Kier molecular flexibility index (Phi) is 5.72. The predicted octanol–water partition coefficient (Wildman–Crippen LogP) is 2.21. The first-order valence-corrected chi connectivity index (χ1v) is 7.05. The highest BCUT2D eigenvalue weighted by molar-refractivity contribution is 6.41. The molecule has 2 aromatic carbocycles. The quantitative estimate of drug-likeness (QED) is 0.209. The van der Waals surface area contributed by atoms with Gasteiger partial charge in [-0.1, -0.05) is 30.3 Å². The standard InChI is InChI=1S/C17H13N3O5/c21-15(13-4-2-1-3-5-13)10-16(22)17(23)19-18-11-12-6-8-14(9-7-12)20(24)25/h1-11,21H,(H,19,23). The first kappa shape index (κ1) is 17.5. The Morgan fingerprint density at radius 3 is 2.32 bits per heavy atom. The number of benzene rings is 2. The van der Waals surface area contributed by atoms with E-state index in [0.717, 1.165) is 6.08 Å². The molecule has 8 heteroatoms. The molecule has 2 N–H and O–H groups in total. The predicted molar refractivity (Wildman–Crippen MR) is 90.9 cm³/mol. The Bertz CT molecular complexity index is 842. The van der Waals surface area contributed by atoms with Gasteiger partial charge in [0.25, 0.3) is 5.69 Å². The van der Waals surface area contributed by atoms with Crippen LogP contribution in [0, 0.1) is 10.1 Å². The van der Waals surface area contributed by atoms with Crippen molar-refractivity contribution in [3.63, 3.8) is 0 Å². The molecule has 0 aliphatic rings. The normalized spacial score (nSPS) is 11.3.